The highest BCUT2D eigenvalue weighted by Crippen LogP contribution is 2.17. The summed E-state index contributed by atoms with van der Waals surface area (Å²) in [6.07, 6.45) is 0. The number of anilines is 1. The summed E-state index contributed by atoms with van der Waals surface area (Å²) in [5.74, 6) is 0.764. The van der Waals surface area contributed by atoms with E-state index in [4.69, 9.17) is 4.52 Å². The van der Waals surface area contributed by atoms with Gasteiger partial charge >= 0.3 is 0 Å². The topological polar surface area (TPSA) is 74.5 Å². The number of nitrogens with zero attached hydrogens (tertiary/aromatic N) is 4. The number of nitrogens with one attached hydrogen (secondary N) is 1. The Morgan fingerprint density at radius 3 is 2.40 bits per heavy atom. The minimum absolute atomic E-state index is 0.102. The van der Waals surface area contributed by atoms with Crippen LogP contribution in [0.25, 0.3) is 11.4 Å². The maximum Gasteiger partial charge on any atom is 0.241 e. The number of halogens is 1. The summed E-state index contributed by atoms with van der Waals surface area (Å²) in [4.78, 5) is 21.0. The van der Waals surface area contributed by atoms with Crippen molar-refractivity contribution < 1.29 is 13.7 Å². The van der Waals surface area contributed by atoms with Gasteiger partial charge in [0.25, 0.3) is 0 Å². The van der Waals surface area contributed by atoms with Crippen LogP contribution in [0.5, 0.6) is 0 Å². The largest absolute Gasteiger partial charge is 0.338 e. The van der Waals surface area contributed by atoms with E-state index in [-0.39, 0.29) is 11.7 Å². The summed E-state index contributed by atoms with van der Waals surface area (Å²) in [6, 6.07) is 13.8. The van der Waals surface area contributed by atoms with Crippen molar-refractivity contribution in [2.45, 2.75) is 13.5 Å². The molecule has 30 heavy (non-hydrogen) atoms. The van der Waals surface area contributed by atoms with Crippen molar-refractivity contribution in [3.63, 3.8) is 0 Å². The van der Waals surface area contributed by atoms with Gasteiger partial charge in [-0.05, 0) is 31.2 Å². The zero-order chi connectivity index (χ0) is 20.9. The van der Waals surface area contributed by atoms with E-state index in [0.717, 1.165) is 31.7 Å². The lowest BCUT2D eigenvalue weighted by atomic mass is 10.1. The molecule has 0 spiro atoms. The van der Waals surface area contributed by atoms with Crippen molar-refractivity contribution in [2.75, 3.05) is 38.0 Å². The molecule has 7 nitrogen and oxygen atoms in total. The normalized spacial score (nSPS) is 15.3. The second-order valence-corrected chi connectivity index (χ2v) is 7.49. The van der Waals surface area contributed by atoms with Crippen molar-refractivity contribution in [3.8, 4) is 11.4 Å². The van der Waals surface area contributed by atoms with Gasteiger partial charge in [-0.3, -0.25) is 14.6 Å². The van der Waals surface area contributed by atoms with Crippen LogP contribution in [-0.4, -0.2) is 58.6 Å². The Balaban J connectivity index is 1.23. The molecule has 3 aromatic rings. The summed E-state index contributed by atoms with van der Waals surface area (Å²) in [5.41, 5.74) is 2.72. The maximum atomic E-state index is 13.0. The Hall–Kier alpha value is -3.10. The van der Waals surface area contributed by atoms with Gasteiger partial charge in [-0.15, -0.1) is 0 Å². The maximum absolute atomic E-state index is 13.0. The van der Waals surface area contributed by atoms with Crippen LogP contribution >= 0.6 is 0 Å². The van der Waals surface area contributed by atoms with Gasteiger partial charge in [0.15, 0.2) is 0 Å². The van der Waals surface area contributed by atoms with E-state index in [1.807, 2.05) is 31.2 Å². The molecule has 2 heterocycles. The van der Waals surface area contributed by atoms with Crippen molar-refractivity contribution in [1.82, 2.24) is 19.9 Å². The van der Waals surface area contributed by atoms with Gasteiger partial charge in [-0.2, -0.15) is 4.98 Å². The lowest BCUT2D eigenvalue weighted by molar-refractivity contribution is -0.117. The number of rotatable bonds is 6. The fourth-order valence-electron chi connectivity index (χ4n) is 3.37. The molecule has 8 heteroatoms. The van der Waals surface area contributed by atoms with Crippen LogP contribution in [0.3, 0.4) is 0 Å². The third-order valence-corrected chi connectivity index (χ3v) is 5.10. The molecule has 0 atom stereocenters. The van der Waals surface area contributed by atoms with Gasteiger partial charge in [-0.25, -0.2) is 4.39 Å². The highest BCUT2D eigenvalue weighted by atomic mass is 19.1. The molecule has 156 valence electrons. The van der Waals surface area contributed by atoms with E-state index >= 15 is 0 Å². The fourth-order valence-corrected chi connectivity index (χ4v) is 3.37. The number of hydrogen-bond donors (Lipinski definition) is 1. The van der Waals surface area contributed by atoms with Gasteiger partial charge < -0.3 is 9.84 Å². The monoisotopic (exact) mass is 409 g/mol. The first-order valence-electron chi connectivity index (χ1n) is 9.95. The average molecular weight is 409 g/mol. The first kappa shape index (κ1) is 20.2. The molecule has 0 unspecified atom stereocenters. The molecule has 1 N–H and O–H groups in total. The lowest BCUT2D eigenvalue weighted by Gasteiger charge is -2.33. The smallest absolute Gasteiger partial charge is 0.241 e. The van der Waals surface area contributed by atoms with E-state index in [1.165, 1.54) is 17.7 Å². The molecule has 2 aromatic carbocycles. The third kappa shape index (κ3) is 5.28. The van der Waals surface area contributed by atoms with Gasteiger partial charge in [0.2, 0.25) is 17.6 Å². The van der Waals surface area contributed by atoms with Crippen LogP contribution in [0, 0.1) is 12.7 Å². The number of benzene rings is 2. The molecule has 1 saturated heterocycles. The van der Waals surface area contributed by atoms with Crippen LogP contribution in [0.15, 0.2) is 53.1 Å². The van der Waals surface area contributed by atoms with Crippen LogP contribution < -0.4 is 5.32 Å². The fraction of sp³-hybridized carbons (Fsp3) is 0.318. The quantitative estimate of drug-likeness (QED) is 0.675. The van der Waals surface area contributed by atoms with Crippen molar-refractivity contribution in [3.05, 3.63) is 65.8 Å². The summed E-state index contributed by atoms with van der Waals surface area (Å²) in [6.45, 7) is 6.11. The number of aromatic nitrogens is 2. The number of hydrogen-bond acceptors (Lipinski definition) is 6. The average Bonchev–Trinajstić information content (AvgIpc) is 3.20. The predicted octanol–water partition coefficient (Wildman–Crippen LogP) is 2.94. The summed E-state index contributed by atoms with van der Waals surface area (Å²) < 4.78 is 18.4. The second kappa shape index (κ2) is 9.15. The predicted molar refractivity (Wildman–Crippen MR) is 111 cm³/mol. The highest BCUT2D eigenvalue weighted by molar-refractivity contribution is 5.92. The molecule has 1 aromatic heterocycles. The van der Waals surface area contributed by atoms with E-state index < -0.39 is 0 Å². The molecular formula is C22H24FN5O2. The minimum atomic E-state index is -0.323. The van der Waals surface area contributed by atoms with Gasteiger partial charge in [0, 0.05) is 37.4 Å². The molecule has 0 aliphatic carbocycles. The molecule has 1 aliphatic heterocycles. The molecule has 1 amide bonds. The Morgan fingerprint density at radius 2 is 1.70 bits per heavy atom. The molecule has 0 bridgehead atoms. The zero-order valence-corrected chi connectivity index (χ0v) is 16.8. The Morgan fingerprint density at radius 1 is 1.03 bits per heavy atom. The number of piperazine rings is 1. The number of amides is 1. The Kier molecular flexibility index (Phi) is 6.15. The van der Waals surface area contributed by atoms with Crippen molar-refractivity contribution in [1.29, 1.82) is 0 Å². The SMILES string of the molecule is Cc1ccc(-c2noc(CN3CCN(CC(=O)Nc4ccc(F)cc4)CC3)n2)cc1. The second-order valence-electron chi connectivity index (χ2n) is 7.49. The van der Waals surface area contributed by atoms with Crippen molar-refractivity contribution >= 4 is 11.6 Å². The van der Waals surface area contributed by atoms with Crippen LogP contribution in [0.4, 0.5) is 10.1 Å². The van der Waals surface area contributed by atoms with E-state index in [1.54, 1.807) is 12.1 Å². The summed E-state index contributed by atoms with van der Waals surface area (Å²) in [7, 11) is 0. The standard InChI is InChI=1S/C22H24FN5O2/c1-16-2-4-17(5-3-16)22-25-21(30-26-22)15-28-12-10-27(11-13-28)14-20(29)24-19-8-6-18(23)7-9-19/h2-9H,10-15H2,1H3,(H,24,29). The lowest BCUT2D eigenvalue weighted by Crippen LogP contribution is -2.48. The number of aryl methyl sites for hydroxylation is 1. The first-order valence-corrected chi connectivity index (χ1v) is 9.95. The third-order valence-electron chi connectivity index (χ3n) is 5.10. The molecule has 1 aliphatic rings. The number of carbonyl (C=O) groups is 1. The van der Waals surface area contributed by atoms with E-state index in [0.29, 0.717) is 30.5 Å². The van der Waals surface area contributed by atoms with Gasteiger partial charge in [-0.1, -0.05) is 35.0 Å². The molecule has 4 rings (SSSR count). The molecular weight excluding hydrogens is 385 g/mol. The minimum Gasteiger partial charge on any atom is -0.338 e. The molecule has 1 fully saturated rings. The van der Waals surface area contributed by atoms with Crippen LogP contribution in [0.2, 0.25) is 0 Å². The highest BCUT2D eigenvalue weighted by Gasteiger charge is 2.21. The van der Waals surface area contributed by atoms with Crippen molar-refractivity contribution in [2.24, 2.45) is 0 Å². The van der Waals surface area contributed by atoms with Crippen LogP contribution in [0.1, 0.15) is 11.5 Å². The molecule has 0 radical (unpaired) electrons. The first-order chi connectivity index (χ1) is 14.5. The van der Waals surface area contributed by atoms with Gasteiger partial charge in [0.05, 0.1) is 13.1 Å². The Bertz CT molecular complexity index is 980. The van der Waals surface area contributed by atoms with E-state index in [2.05, 4.69) is 25.3 Å². The molecule has 0 saturated carbocycles. The van der Waals surface area contributed by atoms with E-state index in [9.17, 15) is 9.18 Å². The van der Waals surface area contributed by atoms with Crippen LogP contribution in [-0.2, 0) is 11.3 Å². The summed E-state index contributed by atoms with van der Waals surface area (Å²) in [5, 5.41) is 6.88. The zero-order valence-electron chi connectivity index (χ0n) is 16.8. The Labute approximate surface area is 174 Å². The number of carbonyl (C=O) groups excluding carboxylic acids is 1. The summed E-state index contributed by atoms with van der Waals surface area (Å²) >= 11 is 0. The van der Waals surface area contributed by atoms with Gasteiger partial charge in [0.1, 0.15) is 5.82 Å².